The van der Waals surface area contributed by atoms with Gasteiger partial charge in [0.1, 0.15) is 5.75 Å². The van der Waals surface area contributed by atoms with Gasteiger partial charge < -0.3 is 25.2 Å². The second-order valence-electron chi connectivity index (χ2n) is 6.82. The smallest absolute Gasteiger partial charge is 0.255 e. The molecule has 0 aromatic heterocycles. The molecular weight excluding hydrogens is 344 g/mol. The van der Waals surface area contributed by atoms with Crippen LogP contribution in [0.3, 0.4) is 0 Å². The van der Waals surface area contributed by atoms with Crippen LogP contribution < -0.4 is 15.4 Å². The number of benzene rings is 2. The number of amides is 1. The number of carbonyl (C=O) groups excluding carboxylic acids is 1. The minimum absolute atomic E-state index is 0.167. The molecule has 1 heterocycles. The van der Waals surface area contributed by atoms with Crippen LogP contribution in [0.2, 0.25) is 0 Å². The molecule has 0 aliphatic carbocycles. The van der Waals surface area contributed by atoms with Crippen LogP contribution in [0.5, 0.6) is 5.75 Å². The molecule has 144 valence electrons. The second-order valence-corrected chi connectivity index (χ2v) is 6.82. The lowest BCUT2D eigenvalue weighted by Crippen LogP contribution is -2.44. The minimum Gasteiger partial charge on any atom is -0.497 e. The Balaban J connectivity index is 1.54. The summed E-state index contributed by atoms with van der Waals surface area (Å²) in [5.41, 5.74) is 1.65. The maximum atomic E-state index is 12.4. The van der Waals surface area contributed by atoms with E-state index in [1.807, 2.05) is 24.3 Å². The molecule has 27 heavy (non-hydrogen) atoms. The summed E-state index contributed by atoms with van der Waals surface area (Å²) in [5.74, 6) is 0.546. The molecular formula is C21H26N2O4. The summed E-state index contributed by atoms with van der Waals surface area (Å²) in [7, 11) is 1.59. The molecule has 1 aliphatic rings. The van der Waals surface area contributed by atoms with Crippen LogP contribution >= 0.6 is 0 Å². The molecule has 1 aliphatic heterocycles. The van der Waals surface area contributed by atoms with Crippen LogP contribution in [0.4, 0.5) is 5.69 Å². The first kappa shape index (κ1) is 19.4. The fourth-order valence-corrected chi connectivity index (χ4v) is 3.07. The molecule has 2 aromatic rings. The van der Waals surface area contributed by atoms with Crippen LogP contribution in [-0.4, -0.2) is 43.5 Å². The lowest BCUT2D eigenvalue weighted by Gasteiger charge is -2.32. The van der Waals surface area contributed by atoms with Gasteiger partial charge in [0, 0.05) is 50.4 Å². The highest BCUT2D eigenvalue weighted by Gasteiger charge is 2.29. The van der Waals surface area contributed by atoms with Gasteiger partial charge in [0.15, 0.2) is 0 Å². The first-order valence-corrected chi connectivity index (χ1v) is 9.13. The van der Waals surface area contributed by atoms with E-state index in [-0.39, 0.29) is 5.91 Å². The van der Waals surface area contributed by atoms with Gasteiger partial charge in [-0.1, -0.05) is 12.1 Å². The van der Waals surface area contributed by atoms with Crippen molar-refractivity contribution in [2.45, 2.75) is 25.0 Å². The molecule has 0 bridgehead atoms. The zero-order valence-corrected chi connectivity index (χ0v) is 15.5. The number of rotatable bonds is 7. The molecule has 0 radical (unpaired) electrons. The van der Waals surface area contributed by atoms with Gasteiger partial charge >= 0.3 is 0 Å². The summed E-state index contributed by atoms with van der Waals surface area (Å²) in [6, 6.07) is 14.7. The Bertz CT molecular complexity index is 755. The number of anilines is 1. The summed E-state index contributed by atoms with van der Waals surface area (Å²) >= 11 is 0. The van der Waals surface area contributed by atoms with Crippen LogP contribution in [0.25, 0.3) is 0 Å². The van der Waals surface area contributed by atoms with E-state index in [0.717, 1.165) is 11.3 Å². The SMILES string of the molecule is COc1ccc(C(=O)Nc2cccc(CNCC3(O)CCOCC3)c2)cc1. The highest BCUT2D eigenvalue weighted by Crippen LogP contribution is 2.20. The van der Waals surface area contributed by atoms with E-state index >= 15 is 0 Å². The van der Waals surface area contributed by atoms with Crippen molar-refractivity contribution in [1.82, 2.24) is 5.32 Å². The van der Waals surface area contributed by atoms with Crippen molar-refractivity contribution in [3.63, 3.8) is 0 Å². The van der Waals surface area contributed by atoms with Gasteiger partial charge in [0.05, 0.1) is 12.7 Å². The monoisotopic (exact) mass is 370 g/mol. The highest BCUT2D eigenvalue weighted by atomic mass is 16.5. The summed E-state index contributed by atoms with van der Waals surface area (Å²) in [6.07, 6.45) is 1.30. The highest BCUT2D eigenvalue weighted by molar-refractivity contribution is 6.04. The van der Waals surface area contributed by atoms with Gasteiger partial charge in [-0.25, -0.2) is 0 Å². The molecule has 0 unspecified atom stereocenters. The third-order valence-corrected chi connectivity index (χ3v) is 4.74. The number of nitrogens with one attached hydrogen (secondary N) is 2. The van der Waals surface area contributed by atoms with Gasteiger partial charge in [-0.2, -0.15) is 0 Å². The van der Waals surface area contributed by atoms with Crippen LogP contribution in [0.1, 0.15) is 28.8 Å². The lowest BCUT2D eigenvalue weighted by atomic mass is 9.94. The van der Waals surface area contributed by atoms with E-state index in [0.29, 0.717) is 50.5 Å². The van der Waals surface area contributed by atoms with Crippen molar-refractivity contribution in [2.75, 3.05) is 32.2 Å². The van der Waals surface area contributed by atoms with Gasteiger partial charge in [-0.3, -0.25) is 4.79 Å². The average molecular weight is 370 g/mol. The standard InChI is InChI=1S/C21H26N2O4/c1-26-19-7-5-17(6-8-19)20(24)23-18-4-2-3-16(13-18)14-22-15-21(25)9-11-27-12-10-21/h2-8,13,22,25H,9-12,14-15H2,1H3,(H,23,24). The van der Waals surface area contributed by atoms with Crippen molar-refractivity contribution in [3.8, 4) is 5.75 Å². The lowest BCUT2D eigenvalue weighted by molar-refractivity contribution is -0.0617. The number of carbonyl (C=O) groups is 1. The first-order valence-electron chi connectivity index (χ1n) is 9.13. The zero-order valence-electron chi connectivity index (χ0n) is 15.5. The fraction of sp³-hybridized carbons (Fsp3) is 0.381. The van der Waals surface area contributed by atoms with E-state index in [4.69, 9.17) is 9.47 Å². The first-order chi connectivity index (χ1) is 13.1. The van der Waals surface area contributed by atoms with Gasteiger partial charge in [-0.05, 0) is 42.0 Å². The van der Waals surface area contributed by atoms with Crippen molar-refractivity contribution in [2.24, 2.45) is 0 Å². The molecule has 0 spiro atoms. The molecule has 6 heteroatoms. The number of hydrogen-bond acceptors (Lipinski definition) is 5. The Kier molecular flexibility index (Phi) is 6.45. The topological polar surface area (TPSA) is 79.8 Å². The molecule has 0 atom stereocenters. The Hall–Kier alpha value is -2.41. The van der Waals surface area contributed by atoms with E-state index in [9.17, 15) is 9.90 Å². The predicted molar refractivity (Wildman–Crippen MR) is 104 cm³/mol. The Morgan fingerprint density at radius 1 is 1.19 bits per heavy atom. The van der Waals surface area contributed by atoms with E-state index in [1.54, 1.807) is 31.4 Å². The Labute approximate surface area is 159 Å². The third kappa shape index (κ3) is 5.53. The average Bonchev–Trinajstić information content (AvgIpc) is 2.69. The zero-order chi connectivity index (χ0) is 19.1. The fourth-order valence-electron chi connectivity index (χ4n) is 3.07. The number of hydrogen-bond donors (Lipinski definition) is 3. The minimum atomic E-state index is -0.696. The van der Waals surface area contributed by atoms with Gasteiger partial charge in [0.25, 0.3) is 5.91 Å². The molecule has 2 aromatic carbocycles. The normalized spacial score (nSPS) is 15.9. The second kappa shape index (κ2) is 8.99. The van der Waals surface area contributed by atoms with Crippen LogP contribution in [0, 0.1) is 0 Å². The summed E-state index contributed by atoms with van der Waals surface area (Å²) in [6.45, 7) is 2.35. The maximum absolute atomic E-state index is 12.4. The van der Waals surface area contributed by atoms with Gasteiger partial charge in [-0.15, -0.1) is 0 Å². The summed E-state index contributed by atoms with van der Waals surface area (Å²) in [4.78, 5) is 12.4. The number of aliphatic hydroxyl groups is 1. The molecule has 1 saturated heterocycles. The molecule has 6 nitrogen and oxygen atoms in total. The van der Waals surface area contributed by atoms with E-state index in [1.165, 1.54) is 0 Å². The summed E-state index contributed by atoms with van der Waals surface area (Å²) in [5, 5.41) is 16.7. The molecule has 1 amide bonds. The number of methoxy groups -OCH3 is 1. The third-order valence-electron chi connectivity index (χ3n) is 4.74. The molecule has 1 fully saturated rings. The number of ether oxygens (including phenoxy) is 2. The quantitative estimate of drug-likeness (QED) is 0.698. The molecule has 3 N–H and O–H groups in total. The van der Waals surface area contributed by atoms with E-state index in [2.05, 4.69) is 10.6 Å². The molecule has 0 saturated carbocycles. The van der Waals surface area contributed by atoms with Crippen molar-refractivity contribution < 1.29 is 19.4 Å². The summed E-state index contributed by atoms with van der Waals surface area (Å²) < 4.78 is 10.4. The maximum Gasteiger partial charge on any atom is 0.255 e. The molecule has 3 rings (SSSR count). The van der Waals surface area contributed by atoms with Crippen molar-refractivity contribution in [1.29, 1.82) is 0 Å². The van der Waals surface area contributed by atoms with Crippen LogP contribution in [-0.2, 0) is 11.3 Å². The predicted octanol–water partition coefficient (Wildman–Crippen LogP) is 2.58. The van der Waals surface area contributed by atoms with E-state index < -0.39 is 5.60 Å². The van der Waals surface area contributed by atoms with Crippen molar-refractivity contribution in [3.05, 3.63) is 59.7 Å². The van der Waals surface area contributed by atoms with Crippen molar-refractivity contribution >= 4 is 11.6 Å². The Morgan fingerprint density at radius 3 is 2.63 bits per heavy atom. The van der Waals surface area contributed by atoms with Crippen LogP contribution in [0.15, 0.2) is 48.5 Å². The Morgan fingerprint density at radius 2 is 1.93 bits per heavy atom. The van der Waals surface area contributed by atoms with Gasteiger partial charge in [0.2, 0.25) is 0 Å². The largest absolute Gasteiger partial charge is 0.497 e.